The number of hydrogen-bond donors (Lipinski definition) is 1. The van der Waals surface area contributed by atoms with Gasteiger partial charge >= 0.3 is 0 Å². The molecule has 0 bridgehead atoms. The van der Waals surface area contributed by atoms with Crippen LogP contribution in [0.2, 0.25) is 0 Å². The zero-order valence-electron chi connectivity index (χ0n) is 17.8. The normalized spacial score (nSPS) is 19.3. The summed E-state index contributed by atoms with van der Waals surface area (Å²) in [6.45, 7) is 9.28. The van der Waals surface area contributed by atoms with E-state index in [1.165, 1.54) is 0 Å². The lowest BCUT2D eigenvalue weighted by atomic mass is 9.96. The summed E-state index contributed by atoms with van der Waals surface area (Å²) in [7, 11) is 0. The summed E-state index contributed by atoms with van der Waals surface area (Å²) < 4.78 is 7.66. The number of aromatic nitrogens is 3. The number of aryl methyl sites for hydroxylation is 1. The van der Waals surface area contributed by atoms with E-state index in [4.69, 9.17) is 4.74 Å². The number of fused-ring (bicyclic) bond motifs is 1. The van der Waals surface area contributed by atoms with Gasteiger partial charge in [0.25, 0.3) is 5.91 Å². The Morgan fingerprint density at radius 1 is 1.23 bits per heavy atom. The molecule has 2 aromatic heterocycles. The topological polar surface area (TPSA) is 71.8 Å². The number of ether oxygens (including phenoxy) is 1. The van der Waals surface area contributed by atoms with Crippen LogP contribution in [0.25, 0.3) is 5.65 Å². The maximum absolute atomic E-state index is 12.7. The molecule has 0 spiro atoms. The van der Waals surface area contributed by atoms with Crippen molar-refractivity contribution in [2.45, 2.75) is 45.8 Å². The summed E-state index contributed by atoms with van der Waals surface area (Å²) in [6.07, 6.45) is 7.32. The maximum Gasteiger partial charge on any atom is 0.261 e. The lowest BCUT2D eigenvalue weighted by molar-refractivity contribution is -0.0265. The molecule has 1 fully saturated rings. The number of amides is 1. The minimum atomic E-state index is -0.218. The number of hydrogen-bond acceptors (Lipinski definition) is 5. The van der Waals surface area contributed by atoms with Crippen molar-refractivity contribution >= 4 is 17.2 Å². The Morgan fingerprint density at radius 3 is 2.73 bits per heavy atom. The van der Waals surface area contributed by atoms with E-state index in [9.17, 15) is 4.79 Å². The average molecular weight is 408 g/mol. The fourth-order valence-electron chi connectivity index (χ4n) is 4.19. The molecular formula is C23H29N5O2. The molecule has 0 saturated carbocycles. The standard InChI is InChI=1S/C23H29N5O2/c1-4-27(5-2)19-10-11-30-21(12-19)17-6-8-18(9-7-17)26-23(29)20-14-25-28-15-16(3)13-24-22(20)28/h6-9,13-15,19,21H,4-5,10-12H2,1-3H3,(H,26,29)/t19-,21+/m1/s1. The van der Waals surface area contributed by atoms with Gasteiger partial charge in [-0.3, -0.25) is 4.79 Å². The molecule has 0 radical (unpaired) electrons. The molecule has 3 heterocycles. The van der Waals surface area contributed by atoms with Crippen LogP contribution < -0.4 is 5.32 Å². The first-order chi connectivity index (χ1) is 14.6. The van der Waals surface area contributed by atoms with Crippen LogP contribution in [0.4, 0.5) is 5.69 Å². The van der Waals surface area contributed by atoms with E-state index in [1.54, 1.807) is 16.9 Å². The van der Waals surface area contributed by atoms with Crippen LogP contribution in [0.5, 0.6) is 0 Å². The van der Waals surface area contributed by atoms with Gasteiger partial charge in [-0.1, -0.05) is 26.0 Å². The van der Waals surface area contributed by atoms with Crippen LogP contribution in [0.15, 0.2) is 42.9 Å². The second kappa shape index (κ2) is 8.93. The summed E-state index contributed by atoms with van der Waals surface area (Å²) in [5, 5.41) is 7.17. The summed E-state index contributed by atoms with van der Waals surface area (Å²) in [5.74, 6) is -0.218. The van der Waals surface area contributed by atoms with Gasteiger partial charge in [-0.25, -0.2) is 9.50 Å². The Hall–Kier alpha value is -2.77. The van der Waals surface area contributed by atoms with Crippen LogP contribution in [-0.4, -0.2) is 51.1 Å². The second-order valence-electron chi connectivity index (χ2n) is 7.79. The van der Waals surface area contributed by atoms with E-state index in [0.717, 1.165) is 49.4 Å². The van der Waals surface area contributed by atoms with E-state index in [2.05, 4.69) is 34.1 Å². The lowest BCUT2D eigenvalue weighted by Gasteiger charge is -2.36. The molecule has 158 valence electrons. The Morgan fingerprint density at radius 2 is 2.00 bits per heavy atom. The largest absolute Gasteiger partial charge is 0.373 e. The summed E-state index contributed by atoms with van der Waals surface area (Å²) >= 11 is 0. The Bertz CT molecular complexity index is 1010. The van der Waals surface area contributed by atoms with Crippen LogP contribution in [0, 0.1) is 6.92 Å². The molecule has 0 unspecified atom stereocenters. The first kappa shape index (κ1) is 20.5. The van der Waals surface area contributed by atoms with Crippen molar-refractivity contribution in [2.24, 2.45) is 0 Å². The van der Waals surface area contributed by atoms with Crippen molar-refractivity contribution < 1.29 is 9.53 Å². The van der Waals surface area contributed by atoms with Gasteiger partial charge in [0.15, 0.2) is 5.65 Å². The number of anilines is 1. The van der Waals surface area contributed by atoms with Gasteiger partial charge in [-0.2, -0.15) is 5.10 Å². The monoisotopic (exact) mass is 407 g/mol. The van der Waals surface area contributed by atoms with Gasteiger partial charge in [0, 0.05) is 30.7 Å². The number of nitrogens with zero attached hydrogens (tertiary/aromatic N) is 4. The average Bonchev–Trinajstić information content (AvgIpc) is 3.18. The predicted molar refractivity (Wildman–Crippen MR) is 117 cm³/mol. The van der Waals surface area contributed by atoms with Gasteiger partial charge < -0.3 is 15.0 Å². The van der Waals surface area contributed by atoms with Crippen molar-refractivity contribution in [1.82, 2.24) is 19.5 Å². The third kappa shape index (κ3) is 4.22. The Kier molecular flexibility index (Phi) is 6.11. The maximum atomic E-state index is 12.7. The third-order valence-electron chi connectivity index (χ3n) is 5.86. The molecule has 1 amide bonds. The van der Waals surface area contributed by atoms with Crippen molar-refractivity contribution in [3.63, 3.8) is 0 Å². The molecule has 0 aliphatic carbocycles. The third-order valence-corrected chi connectivity index (χ3v) is 5.86. The molecule has 3 aromatic rings. The molecular weight excluding hydrogens is 378 g/mol. The first-order valence-corrected chi connectivity index (χ1v) is 10.7. The minimum absolute atomic E-state index is 0.0983. The first-order valence-electron chi connectivity index (χ1n) is 10.7. The molecule has 30 heavy (non-hydrogen) atoms. The SMILES string of the molecule is CCN(CC)[C@@H]1CCO[C@H](c2ccc(NC(=O)c3cnn4cc(C)cnc34)cc2)C1. The molecule has 1 aromatic carbocycles. The number of rotatable bonds is 6. The highest BCUT2D eigenvalue weighted by molar-refractivity contribution is 6.08. The lowest BCUT2D eigenvalue weighted by Crippen LogP contribution is -2.40. The highest BCUT2D eigenvalue weighted by Gasteiger charge is 2.27. The Balaban J connectivity index is 1.44. The van der Waals surface area contributed by atoms with E-state index >= 15 is 0 Å². The summed E-state index contributed by atoms with van der Waals surface area (Å²) in [5.41, 5.74) is 3.88. The Labute approximate surface area is 177 Å². The van der Waals surface area contributed by atoms with Gasteiger partial charge in [-0.05, 0) is 56.1 Å². The van der Waals surface area contributed by atoms with Crippen LogP contribution in [0.1, 0.15) is 54.3 Å². The smallest absolute Gasteiger partial charge is 0.261 e. The van der Waals surface area contributed by atoms with Crippen molar-refractivity contribution in [3.05, 3.63) is 59.5 Å². The number of carbonyl (C=O) groups excluding carboxylic acids is 1. The van der Waals surface area contributed by atoms with Crippen molar-refractivity contribution in [2.75, 3.05) is 25.0 Å². The number of carbonyl (C=O) groups is 1. The molecule has 1 aliphatic heterocycles. The highest BCUT2D eigenvalue weighted by atomic mass is 16.5. The number of nitrogens with one attached hydrogen (secondary N) is 1. The molecule has 1 aliphatic rings. The van der Waals surface area contributed by atoms with Gasteiger partial charge in [-0.15, -0.1) is 0 Å². The molecule has 7 nitrogen and oxygen atoms in total. The number of benzene rings is 1. The van der Waals surface area contributed by atoms with E-state index in [1.807, 2.05) is 37.4 Å². The highest BCUT2D eigenvalue weighted by Crippen LogP contribution is 2.31. The van der Waals surface area contributed by atoms with Gasteiger partial charge in [0.05, 0.1) is 12.3 Å². The zero-order valence-corrected chi connectivity index (χ0v) is 17.8. The zero-order chi connectivity index (χ0) is 21.1. The second-order valence-corrected chi connectivity index (χ2v) is 7.79. The van der Waals surface area contributed by atoms with Crippen molar-refractivity contribution in [1.29, 1.82) is 0 Å². The summed E-state index contributed by atoms with van der Waals surface area (Å²) in [6, 6.07) is 8.51. The molecule has 1 saturated heterocycles. The van der Waals surface area contributed by atoms with E-state index in [-0.39, 0.29) is 12.0 Å². The summed E-state index contributed by atoms with van der Waals surface area (Å²) in [4.78, 5) is 19.6. The molecule has 2 atom stereocenters. The fourth-order valence-corrected chi connectivity index (χ4v) is 4.19. The minimum Gasteiger partial charge on any atom is -0.373 e. The molecule has 7 heteroatoms. The molecule has 1 N–H and O–H groups in total. The van der Waals surface area contributed by atoms with Gasteiger partial charge in [0.1, 0.15) is 5.56 Å². The molecule has 4 rings (SSSR count). The van der Waals surface area contributed by atoms with Crippen LogP contribution in [0.3, 0.4) is 0 Å². The predicted octanol–water partition coefficient (Wildman–Crippen LogP) is 3.85. The van der Waals surface area contributed by atoms with Crippen molar-refractivity contribution in [3.8, 4) is 0 Å². The van der Waals surface area contributed by atoms with E-state index < -0.39 is 0 Å². The quantitative estimate of drug-likeness (QED) is 0.672. The fraction of sp³-hybridized carbons (Fsp3) is 0.435. The van der Waals surface area contributed by atoms with E-state index in [0.29, 0.717) is 17.3 Å². The van der Waals surface area contributed by atoms with Crippen LogP contribution >= 0.6 is 0 Å². The van der Waals surface area contributed by atoms with Crippen LogP contribution in [-0.2, 0) is 4.74 Å². The van der Waals surface area contributed by atoms with Gasteiger partial charge in [0.2, 0.25) is 0 Å².